The number of amidine groups is 1. The maximum Gasteiger partial charge on any atom is 0.496 e. The third-order valence-corrected chi connectivity index (χ3v) is 2.86. The summed E-state index contributed by atoms with van der Waals surface area (Å²) in [4.78, 5) is 4.48. The lowest BCUT2D eigenvalue weighted by Gasteiger charge is -2.02. The quantitative estimate of drug-likeness (QED) is 0.812. The summed E-state index contributed by atoms with van der Waals surface area (Å²) < 4.78 is 5.44. The molecule has 0 fully saturated rings. The van der Waals surface area contributed by atoms with Gasteiger partial charge in [-0.05, 0) is 17.6 Å². The van der Waals surface area contributed by atoms with Gasteiger partial charge in [-0.25, -0.2) is 0 Å². The highest BCUT2D eigenvalue weighted by Gasteiger charge is 2.27. The first-order valence-corrected chi connectivity index (χ1v) is 5.92. The molecule has 1 aliphatic rings. The lowest BCUT2D eigenvalue weighted by atomic mass is 9.74. The van der Waals surface area contributed by atoms with Crippen molar-refractivity contribution in [3.8, 4) is 6.07 Å². The molecule has 0 amide bonds. The van der Waals surface area contributed by atoms with Gasteiger partial charge in [0.05, 0.1) is 11.6 Å². The third kappa shape index (κ3) is 2.35. The molecular weight excluding hydrogens is 237 g/mol. The van der Waals surface area contributed by atoms with E-state index in [9.17, 15) is 0 Å². The predicted octanol–water partition coefficient (Wildman–Crippen LogP) is 1.24. The van der Waals surface area contributed by atoms with Crippen LogP contribution in [0.15, 0.2) is 59.5 Å². The van der Waals surface area contributed by atoms with Crippen LogP contribution in [0.25, 0.3) is 0 Å². The van der Waals surface area contributed by atoms with Crippen molar-refractivity contribution in [1.29, 1.82) is 5.26 Å². The average Bonchev–Trinajstić information content (AvgIpc) is 2.98. The summed E-state index contributed by atoms with van der Waals surface area (Å²) in [5.74, 6) is 0.702. The molecule has 0 spiro atoms. The van der Waals surface area contributed by atoms with Crippen molar-refractivity contribution in [3.63, 3.8) is 0 Å². The summed E-state index contributed by atoms with van der Waals surface area (Å²) in [5.41, 5.74) is 5.26. The van der Waals surface area contributed by atoms with Crippen molar-refractivity contribution in [1.82, 2.24) is 5.48 Å². The minimum absolute atomic E-state index is 0.413. The third-order valence-electron chi connectivity index (χ3n) is 2.86. The van der Waals surface area contributed by atoms with E-state index >= 15 is 0 Å². The van der Waals surface area contributed by atoms with Crippen LogP contribution in [0.1, 0.15) is 11.1 Å². The zero-order valence-corrected chi connectivity index (χ0v) is 10.1. The minimum Gasteiger partial charge on any atom is -0.300 e. The van der Waals surface area contributed by atoms with Crippen molar-refractivity contribution >= 4 is 18.3 Å². The molecule has 4 nitrogen and oxygen atoms in total. The molecule has 19 heavy (non-hydrogen) atoms. The molecule has 0 aromatic heterocycles. The monoisotopic (exact) mass is 247 g/mol. The van der Waals surface area contributed by atoms with E-state index in [1.54, 1.807) is 12.1 Å². The van der Waals surface area contributed by atoms with Crippen LogP contribution in [0.4, 0.5) is 0 Å². The van der Waals surface area contributed by atoms with Gasteiger partial charge in [0.25, 0.3) is 0 Å². The summed E-state index contributed by atoms with van der Waals surface area (Å²) >= 11 is 0. The van der Waals surface area contributed by atoms with Gasteiger partial charge in [0.2, 0.25) is 0 Å². The average molecular weight is 247 g/mol. The lowest BCUT2D eigenvalue weighted by molar-refractivity contribution is 0.284. The predicted molar refractivity (Wildman–Crippen MR) is 73.7 cm³/mol. The normalized spacial score (nSPS) is 13.6. The molecule has 90 valence electrons. The second-order valence-electron chi connectivity index (χ2n) is 4.15. The van der Waals surface area contributed by atoms with Gasteiger partial charge in [-0.3, -0.25) is 15.1 Å². The van der Waals surface area contributed by atoms with E-state index in [4.69, 9.17) is 10.0 Å². The minimum atomic E-state index is -0.413. The van der Waals surface area contributed by atoms with Crippen molar-refractivity contribution in [2.24, 2.45) is 4.90 Å². The second kappa shape index (κ2) is 4.97. The van der Waals surface area contributed by atoms with Gasteiger partial charge in [-0.1, -0.05) is 42.5 Å². The zero-order chi connectivity index (χ0) is 13.1. The number of nitrogens with zero attached hydrogens (tertiary/aromatic N) is 2. The molecule has 1 N–H and O–H groups in total. The van der Waals surface area contributed by atoms with Gasteiger partial charge < -0.3 is 0 Å². The number of hydrogen-bond acceptors (Lipinski definition) is 4. The molecule has 1 heterocycles. The smallest absolute Gasteiger partial charge is 0.300 e. The number of benzene rings is 2. The van der Waals surface area contributed by atoms with Gasteiger partial charge >= 0.3 is 7.05 Å². The van der Waals surface area contributed by atoms with Gasteiger partial charge in [0, 0.05) is 5.56 Å². The van der Waals surface area contributed by atoms with Crippen molar-refractivity contribution in [2.45, 2.75) is 0 Å². The van der Waals surface area contributed by atoms with E-state index < -0.39 is 7.05 Å². The van der Waals surface area contributed by atoms with Crippen LogP contribution in [0.2, 0.25) is 0 Å². The molecule has 0 atom stereocenters. The van der Waals surface area contributed by atoms with E-state index in [0.717, 1.165) is 11.0 Å². The van der Waals surface area contributed by atoms with E-state index in [1.165, 1.54) is 0 Å². The molecule has 0 saturated heterocycles. The van der Waals surface area contributed by atoms with Crippen LogP contribution in [0.3, 0.4) is 0 Å². The van der Waals surface area contributed by atoms with Crippen molar-refractivity contribution in [2.75, 3.05) is 0 Å². The molecule has 0 aliphatic carbocycles. The fourth-order valence-corrected chi connectivity index (χ4v) is 1.92. The Balaban J connectivity index is 1.89. The van der Waals surface area contributed by atoms with E-state index in [1.807, 2.05) is 42.5 Å². The first kappa shape index (κ1) is 11.5. The van der Waals surface area contributed by atoms with Crippen molar-refractivity contribution in [3.05, 3.63) is 65.7 Å². The Hall–Kier alpha value is -2.58. The number of nitrogens with one attached hydrogen (secondary N) is 1. The molecule has 5 heteroatoms. The maximum atomic E-state index is 8.89. The number of hydroxylamine groups is 1. The van der Waals surface area contributed by atoms with Gasteiger partial charge in [0.1, 0.15) is 5.84 Å². The van der Waals surface area contributed by atoms with Crippen LogP contribution in [0, 0.1) is 11.3 Å². The van der Waals surface area contributed by atoms with Gasteiger partial charge in [0.15, 0.2) is 0 Å². The van der Waals surface area contributed by atoms with Crippen LogP contribution in [-0.2, 0) is 4.76 Å². The second-order valence-corrected chi connectivity index (χ2v) is 4.15. The zero-order valence-electron chi connectivity index (χ0n) is 10.1. The summed E-state index contributed by atoms with van der Waals surface area (Å²) in [7, 11) is -0.413. The van der Waals surface area contributed by atoms with E-state index in [2.05, 4.69) is 16.5 Å². The molecule has 3 rings (SSSR count). The van der Waals surface area contributed by atoms with Gasteiger partial charge in [-0.15, -0.1) is 0 Å². The summed E-state index contributed by atoms with van der Waals surface area (Å²) in [6.45, 7) is 0. The molecule has 0 radical (unpaired) electrons. The molecule has 0 bridgehead atoms. The fraction of sp³-hybridized carbons (Fsp3) is 0. The Morgan fingerprint density at radius 1 is 1.11 bits per heavy atom. The van der Waals surface area contributed by atoms with E-state index in [-0.39, 0.29) is 0 Å². The van der Waals surface area contributed by atoms with E-state index in [0.29, 0.717) is 11.4 Å². The number of rotatable bonds is 2. The summed E-state index contributed by atoms with van der Waals surface area (Å²) in [5, 5.41) is 8.89. The Morgan fingerprint density at radius 2 is 1.95 bits per heavy atom. The lowest BCUT2D eigenvalue weighted by Crippen LogP contribution is -2.31. The number of nitriles is 1. The molecule has 2 aromatic carbocycles. The van der Waals surface area contributed by atoms with Crippen LogP contribution >= 0.6 is 0 Å². The van der Waals surface area contributed by atoms with Crippen LogP contribution < -0.4 is 10.9 Å². The first-order valence-electron chi connectivity index (χ1n) is 5.92. The molecule has 1 aliphatic heterocycles. The molecular formula is C14H10BN3O. The molecule has 0 saturated carbocycles. The molecule has 2 aromatic rings. The summed E-state index contributed by atoms with van der Waals surface area (Å²) in [6, 6.07) is 19.1. The standard InChI is InChI=1S/C14H10BN3O/c16-10-11-5-4-8-13(9-11)15-17-14(18-19-15)12-6-2-1-3-7-12/h1-9H,(H,17,18). The Labute approximate surface area is 111 Å². The van der Waals surface area contributed by atoms with Crippen LogP contribution in [0.5, 0.6) is 0 Å². The first-order chi connectivity index (χ1) is 9.36. The topological polar surface area (TPSA) is 57.4 Å². The Morgan fingerprint density at radius 3 is 2.74 bits per heavy atom. The fourth-order valence-electron chi connectivity index (χ4n) is 1.92. The SMILES string of the molecule is N#Cc1cccc(B2N=C(c3ccccc3)NO2)c1. The Kier molecular flexibility index (Phi) is 3.01. The highest BCUT2D eigenvalue weighted by Crippen LogP contribution is 2.07. The maximum absolute atomic E-state index is 8.89. The largest absolute Gasteiger partial charge is 0.496 e. The number of hydrogen-bond donors (Lipinski definition) is 1. The highest BCUT2D eigenvalue weighted by molar-refractivity contribution is 6.68. The molecule has 0 unspecified atom stereocenters. The summed E-state index contributed by atoms with van der Waals surface area (Å²) in [6.07, 6.45) is 0. The Bertz CT molecular complexity index is 664. The van der Waals surface area contributed by atoms with Crippen molar-refractivity contribution < 1.29 is 4.76 Å². The van der Waals surface area contributed by atoms with Crippen LogP contribution in [-0.4, -0.2) is 12.9 Å². The van der Waals surface area contributed by atoms with Gasteiger partial charge in [-0.2, -0.15) is 5.26 Å². The highest BCUT2D eigenvalue weighted by atomic mass is 16.6.